The van der Waals surface area contributed by atoms with Crippen LogP contribution in [-0.2, 0) is 4.79 Å². The number of carboxylic acids is 1. The van der Waals surface area contributed by atoms with Crippen LogP contribution < -0.4 is 10.5 Å². The van der Waals surface area contributed by atoms with E-state index in [0.717, 1.165) is 0 Å². The molecule has 1 atom stereocenters. The highest BCUT2D eigenvalue weighted by molar-refractivity contribution is 5.75. The zero-order valence-corrected chi connectivity index (χ0v) is 8.53. The van der Waals surface area contributed by atoms with E-state index in [9.17, 15) is 22.4 Å². The fourth-order valence-electron chi connectivity index (χ4n) is 1.17. The van der Waals surface area contributed by atoms with Crippen LogP contribution >= 0.6 is 0 Å². The summed E-state index contributed by atoms with van der Waals surface area (Å²) in [6, 6.07) is 1.23. The summed E-state index contributed by atoms with van der Waals surface area (Å²) in [6.07, 6.45) is -7.51. The fourth-order valence-corrected chi connectivity index (χ4v) is 1.17. The minimum absolute atomic E-state index is 0.383. The van der Waals surface area contributed by atoms with Gasteiger partial charge in [-0.1, -0.05) is 0 Å². The summed E-state index contributed by atoms with van der Waals surface area (Å²) < 4.78 is 52.6. The lowest BCUT2D eigenvalue weighted by atomic mass is 10.1. The maximum absolute atomic E-state index is 13.5. The van der Waals surface area contributed by atoms with Gasteiger partial charge in [0.1, 0.15) is 0 Å². The first-order valence-electron chi connectivity index (χ1n) is 4.37. The van der Waals surface area contributed by atoms with Crippen LogP contribution in [0, 0.1) is 5.82 Å². The maximum Gasteiger partial charge on any atom is 0.573 e. The van der Waals surface area contributed by atoms with Gasteiger partial charge >= 0.3 is 12.3 Å². The lowest BCUT2D eigenvalue weighted by Gasteiger charge is -2.14. The van der Waals surface area contributed by atoms with Crippen molar-refractivity contribution in [2.24, 2.45) is 0 Å². The molecule has 0 amide bonds. The molecule has 1 aromatic carbocycles. The Morgan fingerprint density at radius 2 is 1.94 bits per heavy atom. The molecule has 18 heavy (non-hydrogen) atoms. The fraction of sp³-hybridized carbons (Fsp3) is 0.222. The van der Waals surface area contributed by atoms with Crippen LogP contribution in [0.2, 0.25) is 0 Å². The Kier molecular flexibility index (Phi) is 3.65. The van der Waals surface area contributed by atoms with Gasteiger partial charge in [0.25, 0.3) is 0 Å². The summed E-state index contributed by atoms with van der Waals surface area (Å²) in [6.45, 7) is 0. The van der Waals surface area contributed by atoms with Gasteiger partial charge in [-0.05, 0) is 6.07 Å². The Labute approximate surface area is 97.4 Å². The number of rotatable bonds is 3. The SMILES string of the molecule is Nc1cc(OC(F)(F)F)c(F)c(C(O)C(=O)O)c1. The number of aliphatic hydroxyl groups is 1. The van der Waals surface area contributed by atoms with Crippen LogP contribution in [0.25, 0.3) is 0 Å². The molecule has 0 aliphatic rings. The number of anilines is 1. The van der Waals surface area contributed by atoms with Crippen molar-refractivity contribution < 1.29 is 37.3 Å². The second kappa shape index (κ2) is 4.69. The smallest absolute Gasteiger partial charge is 0.479 e. The molecule has 0 saturated carbocycles. The molecule has 0 aliphatic heterocycles. The van der Waals surface area contributed by atoms with Crippen LogP contribution in [0.4, 0.5) is 23.2 Å². The van der Waals surface area contributed by atoms with Crippen molar-refractivity contribution in [2.45, 2.75) is 12.5 Å². The lowest BCUT2D eigenvalue weighted by Crippen LogP contribution is -2.20. The average molecular weight is 269 g/mol. The number of hydrogen-bond acceptors (Lipinski definition) is 4. The molecule has 0 spiro atoms. The number of nitrogens with two attached hydrogens (primary N) is 1. The molecule has 0 aliphatic carbocycles. The minimum atomic E-state index is -5.17. The summed E-state index contributed by atoms with van der Waals surface area (Å²) in [7, 11) is 0. The van der Waals surface area contributed by atoms with Crippen LogP contribution in [0.5, 0.6) is 5.75 Å². The third kappa shape index (κ3) is 3.23. The Morgan fingerprint density at radius 3 is 2.39 bits per heavy atom. The first kappa shape index (κ1) is 14.0. The van der Waals surface area contributed by atoms with Gasteiger partial charge in [-0.2, -0.15) is 0 Å². The highest BCUT2D eigenvalue weighted by Crippen LogP contribution is 2.32. The van der Waals surface area contributed by atoms with E-state index in [4.69, 9.17) is 15.9 Å². The molecule has 0 radical (unpaired) electrons. The van der Waals surface area contributed by atoms with E-state index in [2.05, 4.69) is 4.74 Å². The summed E-state index contributed by atoms with van der Waals surface area (Å²) in [5.74, 6) is -4.79. The van der Waals surface area contributed by atoms with Crippen molar-refractivity contribution in [3.8, 4) is 5.75 Å². The molecule has 5 nitrogen and oxygen atoms in total. The second-order valence-electron chi connectivity index (χ2n) is 3.21. The monoisotopic (exact) mass is 269 g/mol. The predicted molar refractivity (Wildman–Crippen MR) is 50.1 cm³/mol. The Bertz CT molecular complexity index is 474. The first-order valence-corrected chi connectivity index (χ1v) is 4.37. The number of nitrogen functional groups attached to an aromatic ring is 1. The van der Waals surface area contributed by atoms with E-state index in [-0.39, 0.29) is 5.69 Å². The number of ether oxygens (including phenoxy) is 1. The predicted octanol–water partition coefficient (Wildman–Crippen LogP) is 1.42. The molecule has 0 fully saturated rings. The normalized spacial score (nSPS) is 13.2. The number of aliphatic carboxylic acids is 1. The van der Waals surface area contributed by atoms with Crippen molar-refractivity contribution in [3.05, 3.63) is 23.5 Å². The molecule has 4 N–H and O–H groups in total. The number of aliphatic hydroxyl groups excluding tert-OH is 1. The summed E-state index contributed by atoms with van der Waals surface area (Å²) in [4.78, 5) is 10.4. The summed E-state index contributed by atoms with van der Waals surface area (Å²) in [5.41, 5.74) is 3.87. The number of benzene rings is 1. The van der Waals surface area contributed by atoms with Gasteiger partial charge in [0.15, 0.2) is 17.7 Å². The number of halogens is 4. The van der Waals surface area contributed by atoms with E-state index in [1.54, 1.807) is 0 Å². The van der Waals surface area contributed by atoms with Crippen LogP contribution in [0.1, 0.15) is 11.7 Å². The molecular weight excluding hydrogens is 262 g/mol. The Morgan fingerprint density at radius 1 is 1.39 bits per heavy atom. The molecule has 0 heterocycles. The van der Waals surface area contributed by atoms with Gasteiger partial charge in [-0.25, -0.2) is 9.18 Å². The average Bonchev–Trinajstić information content (AvgIpc) is 2.19. The third-order valence-corrected chi connectivity index (χ3v) is 1.84. The van der Waals surface area contributed by atoms with Crippen molar-refractivity contribution in [1.29, 1.82) is 0 Å². The van der Waals surface area contributed by atoms with E-state index in [1.807, 2.05) is 0 Å². The molecule has 0 bridgehead atoms. The zero-order valence-electron chi connectivity index (χ0n) is 8.53. The minimum Gasteiger partial charge on any atom is -0.479 e. The maximum atomic E-state index is 13.5. The van der Waals surface area contributed by atoms with Crippen LogP contribution in [-0.4, -0.2) is 22.5 Å². The van der Waals surface area contributed by atoms with Gasteiger partial charge in [0.2, 0.25) is 0 Å². The highest BCUT2D eigenvalue weighted by atomic mass is 19.4. The number of alkyl halides is 3. The highest BCUT2D eigenvalue weighted by Gasteiger charge is 2.34. The summed E-state index contributed by atoms with van der Waals surface area (Å²) in [5, 5.41) is 17.5. The summed E-state index contributed by atoms with van der Waals surface area (Å²) >= 11 is 0. The third-order valence-electron chi connectivity index (χ3n) is 1.84. The van der Waals surface area contributed by atoms with Gasteiger partial charge in [-0.3, -0.25) is 0 Å². The van der Waals surface area contributed by atoms with E-state index in [0.29, 0.717) is 12.1 Å². The molecule has 9 heteroatoms. The van der Waals surface area contributed by atoms with Crippen LogP contribution in [0.15, 0.2) is 12.1 Å². The Balaban J connectivity index is 3.26. The van der Waals surface area contributed by atoms with Gasteiger partial charge in [0.05, 0.1) is 0 Å². The second-order valence-corrected chi connectivity index (χ2v) is 3.21. The quantitative estimate of drug-likeness (QED) is 0.570. The van der Waals surface area contributed by atoms with Crippen molar-refractivity contribution in [3.63, 3.8) is 0 Å². The van der Waals surface area contributed by atoms with Gasteiger partial charge < -0.3 is 20.7 Å². The zero-order chi connectivity index (χ0) is 14.1. The Hall–Kier alpha value is -2.03. The van der Waals surface area contributed by atoms with Crippen LogP contribution in [0.3, 0.4) is 0 Å². The molecule has 0 aromatic heterocycles. The molecular formula is C9H7F4NO4. The topological polar surface area (TPSA) is 92.8 Å². The van der Waals surface area contributed by atoms with Crippen molar-refractivity contribution in [2.75, 3.05) is 5.73 Å². The number of carboxylic acid groups (broad SMARTS) is 1. The lowest BCUT2D eigenvalue weighted by molar-refractivity contribution is -0.275. The van der Waals surface area contributed by atoms with Crippen molar-refractivity contribution in [1.82, 2.24) is 0 Å². The number of hydrogen-bond donors (Lipinski definition) is 3. The van der Waals surface area contributed by atoms with E-state index < -0.39 is 35.6 Å². The molecule has 1 aromatic rings. The molecule has 100 valence electrons. The number of carbonyl (C=O) groups is 1. The standard InChI is InChI=1S/C9H7F4NO4/c10-6-4(7(15)8(16)17)1-3(14)2-5(6)18-9(11,12)13/h1-2,7,15H,14H2,(H,16,17). The van der Waals surface area contributed by atoms with Gasteiger partial charge in [0, 0.05) is 17.3 Å². The molecule has 1 unspecified atom stereocenters. The molecule has 0 saturated heterocycles. The largest absolute Gasteiger partial charge is 0.573 e. The molecule has 1 rings (SSSR count). The first-order chi connectivity index (χ1) is 8.11. The van der Waals surface area contributed by atoms with Gasteiger partial charge in [-0.15, -0.1) is 13.2 Å². The van der Waals surface area contributed by atoms with Crippen molar-refractivity contribution >= 4 is 11.7 Å². The van der Waals surface area contributed by atoms with E-state index >= 15 is 0 Å². The van der Waals surface area contributed by atoms with E-state index in [1.165, 1.54) is 0 Å².